The Kier molecular flexibility index (Phi) is 3.39. The lowest BCUT2D eigenvalue weighted by Crippen LogP contribution is -2.03. The minimum atomic E-state index is -0.387. The minimum Gasteiger partial charge on any atom is -0.462 e. The SMILES string of the molecule is CCOC(=O)c1cnn2cc(-c3ccc(F)cc3)ccc12. The van der Waals surface area contributed by atoms with E-state index in [2.05, 4.69) is 5.10 Å². The Morgan fingerprint density at radius 1 is 1.19 bits per heavy atom. The van der Waals surface area contributed by atoms with Gasteiger partial charge in [-0.1, -0.05) is 18.2 Å². The van der Waals surface area contributed by atoms with Gasteiger partial charge in [0.15, 0.2) is 0 Å². The number of ether oxygens (including phenoxy) is 1. The molecule has 0 bridgehead atoms. The molecule has 3 rings (SSSR count). The van der Waals surface area contributed by atoms with E-state index in [4.69, 9.17) is 4.74 Å². The molecular formula is C16H13FN2O2. The second-order valence-corrected chi connectivity index (χ2v) is 4.53. The number of benzene rings is 1. The maximum absolute atomic E-state index is 13.0. The van der Waals surface area contributed by atoms with Crippen LogP contribution in [0.15, 0.2) is 48.8 Å². The Morgan fingerprint density at radius 3 is 2.62 bits per heavy atom. The van der Waals surface area contributed by atoms with Crippen molar-refractivity contribution in [3.05, 3.63) is 60.2 Å². The van der Waals surface area contributed by atoms with Crippen molar-refractivity contribution < 1.29 is 13.9 Å². The molecule has 0 atom stereocenters. The van der Waals surface area contributed by atoms with Crippen LogP contribution < -0.4 is 0 Å². The molecule has 1 aromatic carbocycles. The highest BCUT2D eigenvalue weighted by atomic mass is 19.1. The first-order chi connectivity index (χ1) is 10.2. The number of esters is 1. The van der Waals surface area contributed by atoms with Gasteiger partial charge in [-0.2, -0.15) is 5.10 Å². The van der Waals surface area contributed by atoms with Crippen LogP contribution in [0, 0.1) is 5.82 Å². The molecule has 0 amide bonds. The van der Waals surface area contributed by atoms with Gasteiger partial charge >= 0.3 is 5.97 Å². The lowest BCUT2D eigenvalue weighted by Gasteiger charge is -2.04. The van der Waals surface area contributed by atoms with Gasteiger partial charge in [-0.15, -0.1) is 0 Å². The Morgan fingerprint density at radius 2 is 1.90 bits per heavy atom. The van der Waals surface area contributed by atoms with E-state index >= 15 is 0 Å². The molecule has 2 heterocycles. The molecule has 0 radical (unpaired) electrons. The number of carbonyl (C=O) groups is 1. The summed E-state index contributed by atoms with van der Waals surface area (Å²) in [5.41, 5.74) is 2.88. The van der Waals surface area contributed by atoms with Gasteiger partial charge in [0, 0.05) is 11.8 Å². The number of halogens is 1. The van der Waals surface area contributed by atoms with Crippen molar-refractivity contribution in [2.45, 2.75) is 6.92 Å². The minimum absolute atomic E-state index is 0.275. The molecule has 2 aromatic heterocycles. The largest absolute Gasteiger partial charge is 0.462 e. The number of nitrogens with zero attached hydrogens (tertiary/aromatic N) is 2. The second-order valence-electron chi connectivity index (χ2n) is 4.53. The van der Waals surface area contributed by atoms with Gasteiger partial charge in [-0.25, -0.2) is 13.7 Å². The van der Waals surface area contributed by atoms with Crippen LogP contribution in [0.4, 0.5) is 4.39 Å². The maximum Gasteiger partial charge on any atom is 0.341 e. The van der Waals surface area contributed by atoms with E-state index in [1.165, 1.54) is 18.3 Å². The van der Waals surface area contributed by atoms with E-state index < -0.39 is 0 Å². The van der Waals surface area contributed by atoms with E-state index in [1.807, 2.05) is 6.07 Å². The lowest BCUT2D eigenvalue weighted by molar-refractivity contribution is 0.0528. The summed E-state index contributed by atoms with van der Waals surface area (Å²) in [5.74, 6) is -0.662. The van der Waals surface area contributed by atoms with Gasteiger partial charge in [-0.3, -0.25) is 0 Å². The van der Waals surface area contributed by atoms with Crippen LogP contribution in [0.5, 0.6) is 0 Å². The number of hydrogen-bond acceptors (Lipinski definition) is 3. The highest BCUT2D eigenvalue weighted by molar-refractivity contribution is 5.96. The molecule has 106 valence electrons. The van der Waals surface area contributed by atoms with Crippen molar-refractivity contribution in [2.24, 2.45) is 0 Å². The van der Waals surface area contributed by atoms with Gasteiger partial charge < -0.3 is 4.74 Å². The van der Waals surface area contributed by atoms with Crippen molar-refractivity contribution in [1.29, 1.82) is 0 Å². The van der Waals surface area contributed by atoms with Gasteiger partial charge in [0.05, 0.1) is 18.3 Å². The molecule has 0 fully saturated rings. The van der Waals surface area contributed by atoms with E-state index in [0.29, 0.717) is 17.7 Å². The average molecular weight is 284 g/mol. The predicted octanol–water partition coefficient (Wildman–Crippen LogP) is 3.32. The highest BCUT2D eigenvalue weighted by Gasteiger charge is 2.13. The second kappa shape index (κ2) is 5.36. The molecule has 3 aromatic rings. The number of rotatable bonds is 3. The van der Waals surface area contributed by atoms with E-state index in [9.17, 15) is 9.18 Å². The van der Waals surface area contributed by atoms with Crippen molar-refractivity contribution in [3.63, 3.8) is 0 Å². The number of pyridine rings is 1. The first-order valence-corrected chi connectivity index (χ1v) is 6.59. The topological polar surface area (TPSA) is 43.6 Å². The standard InChI is InChI=1S/C16H13FN2O2/c1-2-21-16(20)14-9-18-19-10-12(5-8-15(14)19)11-3-6-13(17)7-4-11/h3-10H,2H2,1H3. The van der Waals surface area contributed by atoms with Gasteiger partial charge in [-0.05, 0) is 30.7 Å². The number of fused-ring (bicyclic) bond motifs is 1. The first kappa shape index (κ1) is 13.3. The lowest BCUT2D eigenvalue weighted by atomic mass is 10.1. The Bertz CT molecular complexity index is 794. The molecule has 0 saturated heterocycles. The van der Waals surface area contributed by atoms with Gasteiger partial charge in [0.1, 0.15) is 11.4 Å². The first-order valence-electron chi connectivity index (χ1n) is 6.59. The average Bonchev–Trinajstić information content (AvgIpc) is 2.91. The fraction of sp³-hybridized carbons (Fsp3) is 0.125. The van der Waals surface area contributed by atoms with Crippen molar-refractivity contribution >= 4 is 11.5 Å². The molecule has 21 heavy (non-hydrogen) atoms. The molecule has 0 aliphatic heterocycles. The van der Waals surface area contributed by atoms with Crippen molar-refractivity contribution in [2.75, 3.05) is 6.61 Å². The highest BCUT2D eigenvalue weighted by Crippen LogP contribution is 2.22. The fourth-order valence-corrected chi connectivity index (χ4v) is 2.16. The fourth-order valence-electron chi connectivity index (χ4n) is 2.16. The summed E-state index contributed by atoms with van der Waals surface area (Å²) in [6, 6.07) is 9.89. The molecule has 5 heteroatoms. The molecule has 4 nitrogen and oxygen atoms in total. The van der Waals surface area contributed by atoms with Gasteiger partial charge in [0.25, 0.3) is 0 Å². The molecular weight excluding hydrogens is 271 g/mol. The third-order valence-corrected chi connectivity index (χ3v) is 3.19. The van der Waals surface area contributed by atoms with Crippen LogP contribution in [-0.4, -0.2) is 22.2 Å². The van der Waals surface area contributed by atoms with Crippen LogP contribution in [0.3, 0.4) is 0 Å². The Hall–Kier alpha value is -2.69. The summed E-state index contributed by atoms with van der Waals surface area (Å²) >= 11 is 0. The smallest absolute Gasteiger partial charge is 0.341 e. The summed E-state index contributed by atoms with van der Waals surface area (Å²) in [6.45, 7) is 2.08. The van der Waals surface area contributed by atoms with E-state index in [-0.39, 0.29) is 11.8 Å². The van der Waals surface area contributed by atoms with Gasteiger partial charge in [0.2, 0.25) is 0 Å². The molecule has 0 saturated carbocycles. The summed E-state index contributed by atoms with van der Waals surface area (Å²) in [6.07, 6.45) is 3.28. The van der Waals surface area contributed by atoms with Crippen molar-refractivity contribution in [3.8, 4) is 11.1 Å². The Balaban J connectivity index is 2.02. The summed E-state index contributed by atoms with van der Waals surface area (Å²) in [4.78, 5) is 11.8. The summed E-state index contributed by atoms with van der Waals surface area (Å²) < 4.78 is 19.6. The van der Waals surface area contributed by atoms with Crippen LogP contribution in [0.2, 0.25) is 0 Å². The van der Waals surface area contributed by atoms with Crippen LogP contribution >= 0.6 is 0 Å². The number of carbonyl (C=O) groups excluding carboxylic acids is 1. The summed E-state index contributed by atoms with van der Waals surface area (Å²) in [7, 11) is 0. The molecule has 0 unspecified atom stereocenters. The zero-order valence-corrected chi connectivity index (χ0v) is 11.4. The van der Waals surface area contributed by atoms with E-state index in [0.717, 1.165) is 11.1 Å². The van der Waals surface area contributed by atoms with Crippen molar-refractivity contribution in [1.82, 2.24) is 9.61 Å². The Labute approximate surface area is 120 Å². The summed E-state index contributed by atoms with van der Waals surface area (Å²) in [5, 5.41) is 4.17. The third kappa shape index (κ3) is 2.50. The molecule has 0 spiro atoms. The zero-order chi connectivity index (χ0) is 14.8. The quantitative estimate of drug-likeness (QED) is 0.693. The van der Waals surface area contributed by atoms with Crippen LogP contribution in [0.1, 0.15) is 17.3 Å². The van der Waals surface area contributed by atoms with E-state index in [1.54, 1.807) is 35.8 Å². The normalized spacial score (nSPS) is 10.8. The predicted molar refractivity (Wildman–Crippen MR) is 76.5 cm³/mol. The molecule has 0 aliphatic carbocycles. The third-order valence-electron chi connectivity index (χ3n) is 3.19. The monoisotopic (exact) mass is 284 g/mol. The molecule has 0 aliphatic rings. The number of aromatic nitrogens is 2. The maximum atomic E-state index is 13.0. The number of hydrogen-bond donors (Lipinski definition) is 0. The van der Waals surface area contributed by atoms with Crippen LogP contribution in [0.25, 0.3) is 16.6 Å². The zero-order valence-electron chi connectivity index (χ0n) is 11.4. The molecule has 0 N–H and O–H groups in total. The van der Waals surface area contributed by atoms with Crippen LogP contribution in [-0.2, 0) is 4.74 Å².